The molecule has 2 heterocycles. The lowest BCUT2D eigenvalue weighted by molar-refractivity contribution is -0.319. The fourth-order valence-electron chi connectivity index (χ4n) is 11.1. The van der Waals surface area contributed by atoms with Crippen molar-refractivity contribution in [2.24, 2.45) is 28.1 Å². The van der Waals surface area contributed by atoms with Crippen molar-refractivity contribution < 1.29 is 71.8 Å². The smallest absolute Gasteiger partial charge is 0.352 e. The highest BCUT2D eigenvalue weighted by atomic mass is 16.6. The van der Waals surface area contributed by atoms with E-state index < -0.39 is 105 Å². The lowest BCUT2D eigenvalue weighted by Gasteiger charge is -2.68. The summed E-state index contributed by atoms with van der Waals surface area (Å²) in [6.45, 7) is 13.1. The molecule has 2 N–H and O–H groups in total. The molecule has 2 bridgehead atoms. The quantitative estimate of drug-likeness (QED) is 0.159. The van der Waals surface area contributed by atoms with Crippen molar-refractivity contribution in [1.82, 2.24) is 0 Å². The Kier molecular flexibility index (Phi) is 9.52. The molecule has 1 aromatic rings. The molecule has 1 saturated heterocycles. The number of allylic oxidation sites excluding steroid dienone is 1. The van der Waals surface area contributed by atoms with E-state index in [0.717, 1.165) is 6.92 Å². The van der Waals surface area contributed by atoms with Crippen molar-refractivity contribution in [3.05, 3.63) is 47.0 Å². The third-order valence-corrected chi connectivity index (χ3v) is 13.4. The average Bonchev–Trinajstić information content (AvgIpc) is 3.75. The molecule has 15 nitrogen and oxygen atoms in total. The van der Waals surface area contributed by atoms with Gasteiger partial charge < -0.3 is 43.1 Å². The summed E-state index contributed by atoms with van der Waals surface area (Å²) in [5.41, 5.74) is -9.59. The summed E-state index contributed by atoms with van der Waals surface area (Å²) in [5, 5.41) is 24.5. The highest BCUT2D eigenvalue weighted by molar-refractivity contribution is 5.89. The molecule has 15 heteroatoms. The molecule has 55 heavy (non-hydrogen) atoms. The maximum atomic E-state index is 14.2. The van der Waals surface area contributed by atoms with Crippen LogP contribution in [0.15, 0.2) is 45.8 Å². The van der Waals surface area contributed by atoms with Gasteiger partial charge in [0, 0.05) is 54.1 Å². The molecule has 4 fully saturated rings. The molecule has 0 radical (unpaired) electrons. The standard InChI is InChI=1S/C40H50O15/c1-11-19(2)31(44)54-33-37(8)18-39(55-21(4)42)38(9,24(37)16-25(43)49-10)23-12-14-36(7)27(26(23)30(40(33,39)48)51-20(3)41)28(52-34(46)35(5,6)47)32(45)53-29(36)22-13-15-50-17-22/h11,13,15,17,23-24,28-30,33,47-48H,12,14,16,18H2,1-10H3/b19-11+/t23-,24-,28+,29-,30-,33-,36+,37-,38+,39+,40+/m0/s1. The van der Waals surface area contributed by atoms with E-state index in [0.29, 0.717) is 5.56 Å². The Morgan fingerprint density at radius 2 is 1.71 bits per heavy atom. The first kappa shape index (κ1) is 40.2. The number of esters is 6. The zero-order valence-corrected chi connectivity index (χ0v) is 32.8. The molecule has 4 aliphatic carbocycles. The van der Waals surface area contributed by atoms with Gasteiger partial charge in [0.05, 0.1) is 19.6 Å². The molecule has 300 valence electrons. The van der Waals surface area contributed by atoms with E-state index >= 15 is 0 Å². The van der Waals surface area contributed by atoms with E-state index in [-0.39, 0.29) is 42.4 Å². The second-order valence-corrected chi connectivity index (χ2v) is 16.9. The minimum atomic E-state index is -2.56. The SMILES string of the molecule is C/C=C(\C)C(=O)O[C@H]1[C@@]2(C)C[C@@]3(OC(C)=O)[C@](C)([C@H]4CC[C@]5(C)C(=C4[C@H](OC(C)=O)[C@@]13O)[C@@H](OC(=O)C(C)(C)O)C(=O)O[C@H]5c1ccoc1)[C@H]2CC(=O)OC. The average molecular weight is 771 g/mol. The third-order valence-electron chi connectivity index (χ3n) is 13.4. The molecule has 5 aliphatic rings. The van der Waals surface area contributed by atoms with E-state index in [1.807, 2.05) is 0 Å². The summed E-state index contributed by atoms with van der Waals surface area (Å²) in [6.07, 6.45) is -1.78. The number of aliphatic hydroxyl groups is 2. The predicted molar refractivity (Wildman–Crippen MR) is 187 cm³/mol. The summed E-state index contributed by atoms with van der Waals surface area (Å²) in [5.74, 6) is -6.93. The van der Waals surface area contributed by atoms with Gasteiger partial charge in [0.1, 0.15) is 12.2 Å². The van der Waals surface area contributed by atoms with Gasteiger partial charge >= 0.3 is 35.8 Å². The van der Waals surface area contributed by atoms with Crippen molar-refractivity contribution in [3.63, 3.8) is 0 Å². The first-order chi connectivity index (χ1) is 25.5. The van der Waals surface area contributed by atoms with Gasteiger partial charge in [-0.05, 0) is 69.6 Å². The van der Waals surface area contributed by atoms with Crippen LogP contribution >= 0.6 is 0 Å². The Labute approximate surface area is 318 Å². The topological polar surface area (TPSA) is 211 Å². The largest absolute Gasteiger partial charge is 0.472 e. The normalized spacial score (nSPS) is 39.0. The number of carbonyl (C=O) groups is 6. The Morgan fingerprint density at radius 1 is 1.04 bits per heavy atom. The number of fused-ring (bicyclic) bond motifs is 4. The van der Waals surface area contributed by atoms with Crippen LogP contribution in [0.4, 0.5) is 0 Å². The van der Waals surface area contributed by atoms with Gasteiger partial charge in [-0.2, -0.15) is 0 Å². The van der Waals surface area contributed by atoms with Crippen LogP contribution in [0.1, 0.15) is 99.7 Å². The van der Waals surface area contributed by atoms with Crippen LogP contribution in [0.2, 0.25) is 0 Å². The van der Waals surface area contributed by atoms with Crippen molar-refractivity contribution >= 4 is 35.8 Å². The minimum absolute atomic E-state index is 0.119. The molecular formula is C40H50O15. The molecular weight excluding hydrogens is 720 g/mol. The number of cyclic esters (lactones) is 1. The second-order valence-electron chi connectivity index (χ2n) is 16.9. The monoisotopic (exact) mass is 770 g/mol. The highest BCUT2D eigenvalue weighted by Crippen LogP contribution is 2.82. The van der Waals surface area contributed by atoms with E-state index in [1.165, 1.54) is 53.4 Å². The van der Waals surface area contributed by atoms with Crippen molar-refractivity contribution in [3.8, 4) is 0 Å². The van der Waals surface area contributed by atoms with Gasteiger partial charge in [-0.3, -0.25) is 14.4 Å². The summed E-state index contributed by atoms with van der Waals surface area (Å²) in [4.78, 5) is 81.4. The van der Waals surface area contributed by atoms with Crippen LogP contribution in [0, 0.1) is 28.1 Å². The van der Waals surface area contributed by atoms with Gasteiger partial charge in [0.15, 0.2) is 22.9 Å². The number of methoxy groups -OCH3 is 1. The third kappa shape index (κ3) is 5.42. The molecule has 3 saturated carbocycles. The van der Waals surface area contributed by atoms with Gasteiger partial charge in [-0.25, -0.2) is 14.4 Å². The molecule has 0 unspecified atom stereocenters. The fourth-order valence-corrected chi connectivity index (χ4v) is 11.1. The number of furan rings is 1. The van der Waals surface area contributed by atoms with Crippen LogP contribution in [-0.2, 0) is 57.2 Å². The Balaban J connectivity index is 1.76. The molecule has 1 aliphatic heterocycles. The van der Waals surface area contributed by atoms with E-state index in [4.69, 9.17) is 32.8 Å². The zero-order valence-electron chi connectivity index (χ0n) is 32.8. The summed E-state index contributed by atoms with van der Waals surface area (Å²) >= 11 is 0. The van der Waals surface area contributed by atoms with Crippen molar-refractivity contribution in [1.29, 1.82) is 0 Å². The molecule has 1 aromatic heterocycles. The molecule has 6 rings (SSSR count). The Bertz CT molecular complexity index is 1890. The molecule has 0 amide bonds. The number of ether oxygens (including phenoxy) is 6. The van der Waals surface area contributed by atoms with Gasteiger partial charge in [0.2, 0.25) is 6.10 Å². The maximum absolute atomic E-state index is 14.2. The van der Waals surface area contributed by atoms with E-state index in [2.05, 4.69) is 0 Å². The summed E-state index contributed by atoms with van der Waals surface area (Å²) in [7, 11) is 1.23. The number of hydrogen-bond donors (Lipinski definition) is 2. The first-order valence-corrected chi connectivity index (χ1v) is 18.4. The van der Waals surface area contributed by atoms with Crippen LogP contribution in [-0.4, -0.2) is 88.3 Å². The lowest BCUT2D eigenvalue weighted by atomic mass is 9.40. The maximum Gasteiger partial charge on any atom is 0.352 e. The fraction of sp³-hybridized carbons (Fsp3) is 0.650. The highest BCUT2D eigenvalue weighted by Gasteiger charge is 2.92. The number of hydrogen-bond acceptors (Lipinski definition) is 15. The van der Waals surface area contributed by atoms with Crippen molar-refractivity contribution in [2.75, 3.05) is 7.11 Å². The molecule has 11 atom stereocenters. The lowest BCUT2D eigenvalue weighted by Crippen LogP contribution is -2.81. The zero-order chi connectivity index (χ0) is 40.8. The first-order valence-electron chi connectivity index (χ1n) is 18.4. The molecule has 0 aromatic carbocycles. The van der Waals surface area contributed by atoms with Crippen molar-refractivity contribution in [2.45, 2.75) is 129 Å². The number of rotatable bonds is 9. The predicted octanol–water partition coefficient (Wildman–Crippen LogP) is 3.74. The van der Waals surface area contributed by atoms with E-state index in [1.54, 1.807) is 33.8 Å². The number of carbonyl (C=O) groups excluding carboxylic acids is 6. The summed E-state index contributed by atoms with van der Waals surface area (Å²) < 4.78 is 41.2. The van der Waals surface area contributed by atoms with Gasteiger partial charge in [-0.15, -0.1) is 0 Å². The Morgan fingerprint density at radius 3 is 2.25 bits per heavy atom. The Hall–Kier alpha value is -4.50. The van der Waals surface area contributed by atoms with Crippen LogP contribution in [0.25, 0.3) is 0 Å². The van der Waals surface area contributed by atoms with Crippen LogP contribution in [0.3, 0.4) is 0 Å². The van der Waals surface area contributed by atoms with Crippen LogP contribution < -0.4 is 0 Å². The van der Waals surface area contributed by atoms with Crippen LogP contribution in [0.5, 0.6) is 0 Å². The molecule has 0 spiro atoms. The summed E-state index contributed by atoms with van der Waals surface area (Å²) in [6, 6.07) is 1.62. The van der Waals surface area contributed by atoms with Gasteiger partial charge in [0.25, 0.3) is 0 Å². The van der Waals surface area contributed by atoms with E-state index in [9.17, 15) is 39.0 Å². The minimum Gasteiger partial charge on any atom is -0.472 e. The second kappa shape index (κ2) is 13.0. The van der Waals surface area contributed by atoms with Gasteiger partial charge in [-0.1, -0.05) is 26.8 Å².